The van der Waals surface area contributed by atoms with Gasteiger partial charge in [-0.05, 0) is 0 Å². The molecule has 5 heteroatoms. The number of hydrogen-bond donors (Lipinski definition) is 2. The van der Waals surface area contributed by atoms with Crippen molar-refractivity contribution in [3.63, 3.8) is 0 Å². The molecule has 0 radical (unpaired) electrons. The van der Waals surface area contributed by atoms with Crippen molar-refractivity contribution in [1.29, 1.82) is 0 Å². The maximum absolute atomic E-state index is 12.3. The largest absolute Gasteiger partial charge is 0.384 e. The maximum Gasteiger partial charge on any atom is 0.200 e. The highest BCUT2D eigenvalue weighted by Crippen LogP contribution is 2.13. The van der Waals surface area contributed by atoms with Gasteiger partial charge in [-0.25, -0.2) is 9.37 Å². The van der Waals surface area contributed by atoms with E-state index < -0.39 is 17.5 Å². The Balaban J connectivity index is 3.31. The summed E-state index contributed by atoms with van der Waals surface area (Å²) in [6.07, 6.45) is 0. The van der Waals surface area contributed by atoms with Crippen LogP contribution in [0.3, 0.4) is 0 Å². The van der Waals surface area contributed by atoms with Crippen molar-refractivity contribution in [3.8, 4) is 0 Å². The molecule has 3 nitrogen and oxygen atoms in total. The molecule has 4 N–H and O–H groups in total. The van der Waals surface area contributed by atoms with Gasteiger partial charge in [0, 0.05) is 6.07 Å². The summed E-state index contributed by atoms with van der Waals surface area (Å²) in [5.41, 5.74) is 9.95. The van der Waals surface area contributed by atoms with Crippen LogP contribution in [0.25, 0.3) is 0 Å². The van der Waals surface area contributed by atoms with E-state index in [1.807, 2.05) is 0 Å². The summed E-state index contributed by atoms with van der Waals surface area (Å²) in [7, 11) is 0. The molecule has 1 heterocycles. The highest BCUT2D eigenvalue weighted by Gasteiger charge is 2.06. The van der Waals surface area contributed by atoms with E-state index >= 15 is 0 Å². The van der Waals surface area contributed by atoms with E-state index in [1.54, 1.807) is 0 Å². The van der Waals surface area contributed by atoms with Gasteiger partial charge in [-0.2, -0.15) is 4.39 Å². The van der Waals surface area contributed by atoms with Crippen molar-refractivity contribution < 1.29 is 8.78 Å². The van der Waals surface area contributed by atoms with Crippen LogP contribution >= 0.6 is 0 Å². The highest BCUT2D eigenvalue weighted by molar-refractivity contribution is 5.40. The predicted molar refractivity (Wildman–Crippen MR) is 33.0 cm³/mol. The number of nitrogens with zero attached hydrogens (tertiary/aromatic N) is 1. The van der Waals surface area contributed by atoms with Crippen LogP contribution in [0.4, 0.5) is 20.4 Å². The van der Waals surface area contributed by atoms with Gasteiger partial charge in [0.1, 0.15) is 5.82 Å². The average Bonchev–Trinajstić information content (AvgIpc) is 1.82. The fourth-order valence-corrected chi connectivity index (χ4v) is 0.536. The van der Waals surface area contributed by atoms with Gasteiger partial charge in [-0.1, -0.05) is 0 Å². The van der Waals surface area contributed by atoms with Crippen LogP contribution < -0.4 is 11.5 Å². The minimum absolute atomic E-state index is 0.128. The predicted octanol–water partition coefficient (Wildman–Crippen LogP) is 0.524. The Morgan fingerprint density at radius 2 is 1.90 bits per heavy atom. The minimum atomic E-state index is -1.16. The van der Waals surface area contributed by atoms with Crippen molar-refractivity contribution in [1.82, 2.24) is 4.98 Å². The topological polar surface area (TPSA) is 64.9 Å². The lowest BCUT2D eigenvalue weighted by atomic mass is 10.4. The fraction of sp³-hybridized carbons (Fsp3) is 0. The summed E-state index contributed by atoms with van der Waals surface area (Å²) in [5, 5.41) is 0. The van der Waals surface area contributed by atoms with E-state index in [9.17, 15) is 8.78 Å². The Hall–Kier alpha value is -1.39. The quantitative estimate of drug-likeness (QED) is 0.559. The highest BCUT2D eigenvalue weighted by atomic mass is 19.2. The number of pyridine rings is 1. The molecule has 1 aromatic rings. The summed E-state index contributed by atoms with van der Waals surface area (Å²) in [6.45, 7) is 0. The lowest BCUT2D eigenvalue weighted by Crippen LogP contribution is -2.01. The minimum Gasteiger partial charge on any atom is -0.384 e. The molecule has 0 aliphatic rings. The zero-order valence-corrected chi connectivity index (χ0v) is 4.94. The van der Waals surface area contributed by atoms with Crippen LogP contribution in [-0.2, 0) is 0 Å². The summed E-state index contributed by atoms with van der Waals surface area (Å²) < 4.78 is 24.6. The van der Waals surface area contributed by atoms with Crippen LogP contribution in [0.1, 0.15) is 0 Å². The monoisotopic (exact) mass is 145 g/mol. The molecule has 0 aliphatic heterocycles. The van der Waals surface area contributed by atoms with E-state index in [4.69, 9.17) is 11.5 Å². The van der Waals surface area contributed by atoms with Crippen LogP contribution in [0.15, 0.2) is 6.07 Å². The second-order valence-electron chi connectivity index (χ2n) is 1.73. The molecule has 0 unspecified atom stereocenters. The number of aromatic nitrogens is 1. The van der Waals surface area contributed by atoms with Crippen molar-refractivity contribution in [2.24, 2.45) is 0 Å². The number of halogens is 2. The first-order valence-corrected chi connectivity index (χ1v) is 2.48. The first kappa shape index (κ1) is 6.73. The lowest BCUT2D eigenvalue weighted by Gasteiger charge is -1.97. The molecule has 10 heavy (non-hydrogen) atoms. The van der Waals surface area contributed by atoms with Crippen LogP contribution in [-0.4, -0.2) is 4.98 Å². The molecule has 0 saturated carbocycles. The molecule has 0 bridgehead atoms. The SMILES string of the molecule is Nc1cc(F)c(F)c(N)n1. The molecule has 54 valence electrons. The number of anilines is 2. The second-order valence-corrected chi connectivity index (χ2v) is 1.73. The third-order valence-electron chi connectivity index (χ3n) is 0.959. The Labute approximate surface area is 55.7 Å². The second kappa shape index (κ2) is 2.09. The zero-order valence-electron chi connectivity index (χ0n) is 4.94. The summed E-state index contributed by atoms with van der Waals surface area (Å²) >= 11 is 0. The molecule has 1 rings (SSSR count). The van der Waals surface area contributed by atoms with Crippen molar-refractivity contribution >= 4 is 11.6 Å². The average molecular weight is 145 g/mol. The first-order chi connectivity index (χ1) is 4.61. The molecule has 0 fully saturated rings. The first-order valence-electron chi connectivity index (χ1n) is 2.48. The maximum atomic E-state index is 12.3. The Bertz CT molecular complexity index is 238. The van der Waals surface area contributed by atoms with Gasteiger partial charge in [0.05, 0.1) is 0 Å². The Morgan fingerprint density at radius 3 is 2.40 bits per heavy atom. The summed E-state index contributed by atoms with van der Waals surface area (Å²) in [6, 6.07) is 0.770. The van der Waals surface area contributed by atoms with Gasteiger partial charge in [-0.3, -0.25) is 0 Å². The zero-order chi connectivity index (χ0) is 7.72. The van der Waals surface area contributed by atoms with Crippen molar-refractivity contribution in [2.75, 3.05) is 11.5 Å². The molecule has 0 saturated heterocycles. The number of hydrogen-bond acceptors (Lipinski definition) is 3. The Morgan fingerprint density at radius 1 is 1.30 bits per heavy atom. The molecular formula is C5H5F2N3. The summed E-state index contributed by atoms with van der Waals surface area (Å²) in [4.78, 5) is 3.27. The van der Waals surface area contributed by atoms with Crippen LogP contribution in [0, 0.1) is 11.6 Å². The molecule has 1 aromatic heterocycles. The summed E-state index contributed by atoms with van der Waals surface area (Å²) in [5.74, 6) is -2.88. The molecule has 0 atom stereocenters. The normalized spacial score (nSPS) is 9.80. The van der Waals surface area contributed by atoms with Crippen molar-refractivity contribution in [3.05, 3.63) is 17.7 Å². The smallest absolute Gasteiger partial charge is 0.200 e. The third-order valence-corrected chi connectivity index (χ3v) is 0.959. The van der Waals surface area contributed by atoms with Crippen LogP contribution in [0.2, 0.25) is 0 Å². The van der Waals surface area contributed by atoms with E-state index in [1.165, 1.54) is 0 Å². The molecule has 0 aliphatic carbocycles. The van der Waals surface area contributed by atoms with E-state index in [2.05, 4.69) is 4.98 Å². The van der Waals surface area contributed by atoms with Gasteiger partial charge < -0.3 is 11.5 Å². The van der Waals surface area contributed by atoms with Gasteiger partial charge in [-0.15, -0.1) is 0 Å². The molecule has 0 amide bonds. The molecular weight excluding hydrogens is 140 g/mol. The molecule has 0 aromatic carbocycles. The number of nitrogen functional groups attached to an aromatic ring is 2. The molecule has 0 spiro atoms. The van der Waals surface area contributed by atoms with Crippen LogP contribution in [0.5, 0.6) is 0 Å². The van der Waals surface area contributed by atoms with Gasteiger partial charge in [0.25, 0.3) is 0 Å². The van der Waals surface area contributed by atoms with E-state index in [-0.39, 0.29) is 5.82 Å². The van der Waals surface area contributed by atoms with Gasteiger partial charge in [0.15, 0.2) is 11.6 Å². The van der Waals surface area contributed by atoms with E-state index in [0.717, 1.165) is 6.07 Å². The fourth-order valence-electron chi connectivity index (χ4n) is 0.536. The van der Waals surface area contributed by atoms with E-state index in [0.29, 0.717) is 0 Å². The van der Waals surface area contributed by atoms with Crippen molar-refractivity contribution in [2.45, 2.75) is 0 Å². The standard InChI is InChI=1S/C5H5F2N3/c6-2-1-3(8)10-5(9)4(2)7/h1H,(H4,8,9,10). The number of nitrogens with two attached hydrogens (primary N) is 2. The third kappa shape index (κ3) is 0.975. The van der Waals surface area contributed by atoms with Gasteiger partial charge in [0.2, 0.25) is 5.82 Å². The number of rotatable bonds is 0. The Kier molecular flexibility index (Phi) is 1.41. The lowest BCUT2D eigenvalue weighted by molar-refractivity contribution is 0.509. The van der Waals surface area contributed by atoms with Gasteiger partial charge >= 0.3 is 0 Å².